The van der Waals surface area contributed by atoms with Gasteiger partial charge in [-0.15, -0.1) is 0 Å². The Morgan fingerprint density at radius 3 is 2.83 bits per heavy atom. The maximum atomic E-state index is 5.99. The van der Waals surface area contributed by atoms with Crippen molar-refractivity contribution in [2.75, 3.05) is 13.2 Å². The van der Waals surface area contributed by atoms with Gasteiger partial charge >= 0.3 is 0 Å². The van der Waals surface area contributed by atoms with Crippen LogP contribution in [0.15, 0.2) is 16.8 Å². The first-order chi connectivity index (χ1) is 8.88. The van der Waals surface area contributed by atoms with Gasteiger partial charge in [0.05, 0.1) is 12.7 Å². The summed E-state index contributed by atoms with van der Waals surface area (Å²) in [6, 6.07) is 2.93. The maximum absolute atomic E-state index is 5.99. The van der Waals surface area contributed by atoms with Gasteiger partial charge in [-0.05, 0) is 67.5 Å². The van der Waals surface area contributed by atoms with Crippen LogP contribution in [0.1, 0.15) is 44.6 Å². The molecule has 1 heterocycles. The molecule has 0 atom stereocenters. The lowest BCUT2D eigenvalue weighted by Crippen LogP contribution is -2.35. The highest BCUT2D eigenvalue weighted by Gasteiger charge is 2.20. The molecule has 0 spiro atoms. The van der Waals surface area contributed by atoms with E-state index in [1.165, 1.54) is 37.7 Å². The van der Waals surface area contributed by atoms with Crippen LogP contribution in [0.5, 0.6) is 0 Å². The molecule has 102 valence electrons. The van der Waals surface area contributed by atoms with Gasteiger partial charge in [0.25, 0.3) is 0 Å². The van der Waals surface area contributed by atoms with Crippen molar-refractivity contribution in [2.45, 2.75) is 57.6 Å². The van der Waals surface area contributed by atoms with Crippen molar-refractivity contribution in [1.82, 2.24) is 5.32 Å². The Morgan fingerprint density at radius 1 is 1.33 bits per heavy atom. The van der Waals surface area contributed by atoms with Gasteiger partial charge in [0.2, 0.25) is 0 Å². The Bertz CT molecular complexity index is 304. The highest BCUT2D eigenvalue weighted by Crippen LogP contribution is 2.21. The summed E-state index contributed by atoms with van der Waals surface area (Å²) in [6.07, 6.45) is 7.82. The number of ether oxygens (including phenoxy) is 1. The van der Waals surface area contributed by atoms with E-state index in [0.717, 1.165) is 25.6 Å². The van der Waals surface area contributed by atoms with E-state index in [1.54, 1.807) is 11.3 Å². The first-order valence-electron chi connectivity index (χ1n) is 7.24. The average Bonchev–Trinajstić information content (AvgIpc) is 2.91. The topological polar surface area (TPSA) is 21.3 Å². The molecule has 0 amide bonds. The largest absolute Gasteiger partial charge is 0.378 e. The molecule has 1 aliphatic carbocycles. The quantitative estimate of drug-likeness (QED) is 0.814. The Hall–Kier alpha value is -0.380. The van der Waals surface area contributed by atoms with E-state index in [0.29, 0.717) is 6.10 Å². The van der Waals surface area contributed by atoms with E-state index in [9.17, 15) is 0 Å². The molecule has 0 aliphatic heterocycles. The first-order valence-corrected chi connectivity index (χ1v) is 8.19. The summed E-state index contributed by atoms with van der Waals surface area (Å²) in [6.45, 7) is 4.27. The fourth-order valence-corrected chi connectivity index (χ4v) is 3.26. The minimum Gasteiger partial charge on any atom is -0.378 e. The molecule has 0 bridgehead atoms. The summed E-state index contributed by atoms with van der Waals surface area (Å²) in [7, 11) is 0. The summed E-state index contributed by atoms with van der Waals surface area (Å²) >= 11 is 1.77. The van der Waals surface area contributed by atoms with Gasteiger partial charge in [-0.3, -0.25) is 0 Å². The molecule has 0 radical (unpaired) electrons. The summed E-state index contributed by atoms with van der Waals surface area (Å²) < 4.78 is 5.99. The predicted octanol–water partition coefficient (Wildman–Crippen LogP) is 3.62. The van der Waals surface area contributed by atoms with E-state index in [-0.39, 0.29) is 0 Å². The molecule has 2 rings (SSSR count). The standard InChI is InChI=1S/C15H25NOS/c1-2-9-16-14-3-5-15(6-4-14)17-10-7-13-8-11-18-12-13/h8,11-12,14-16H,2-7,9-10H2,1H3. The third-order valence-corrected chi connectivity index (χ3v) is 4.41. The molecule has 1 aromatic rings. The van der Waals surface area contributed by atoms with E-state index < -0.39 is 0 Å². The Morgan fingerprint density at radius 2 is 2.17 bits per heavy atom. The third-order valence-electron chi connectivity index (χ3n) is 3.68. The van der Waals surface area contributed by atoms with Gasteiger partial charge < -0.3 is 10.1 Å². The van der Waals surface area contributed by atoms with Gasteiger partial charge in [0.15, 0.2) is 0 Å². The van der Waals surface area contributed by atoms with E-state index in [1.807, 2.05) is 0 Å². The van der Waals surface area contributed by atoms with E-state index >= 15 is 0 Å². The molecular weight excluding hydrogens is 242 g/mol. The van der Waals surface area contributed by atoms with Crippen LogP contribution in [0.4, 0.5) is 0 Å². The molecule has 18 heavy (non-hydrogen) atoms. The van der Waals surface area contributed by atoms with Crippen LogP contribution in [0.2, 0.25) is 0 Å². The molecule has 0 aromatic carbocycles. The van der Waals surface area contributed by atoms with Gasteiger partial charge in [-0.1, -0.05) is 6.92 Å². The second kappa shape index (κ2) is 7.93. The minimum atomic E-state index is 0.503. The second-order valence-corrected chi connectivity index (χ2v) is 5.96. The van der Waals surface area contributed by atoms with Gasteiger partial charge in [-0.2, -0.15) is 11.3 Å². The molecule has 3 heteroatoms. The Kier molecular flexibility index (Phi) is 6.18. The van der Waals surface area contributed by atoms with E-state index in [4.69, 9.17) is 4.74 Å². The fourth-order valence-electron chi connectivity index (χ4n) is 2.56. The lowest BCUT2D eigenvalue weighted by molar-refractivity contribution is 0.0243. The maximum Gasteiger partial charge on any atom is 0.0576 e. The zero-order chi connectivity index (χ0) is 12.6. The number of hydrogen-bond acceptors (Lipinski definition) is 3. The molecular formula is C15H25NOS. The average molecular weight is 267 g/mol. The number of nitrogens with one attached hydrogen (secondary N) is 1. The van der Waals surface area contributed by atoms with Crippen molar-refractivity contribution in [1.29, 1.82) is 0 Å². The zero-order valence-electron chi connectivity index (χ0n) is 11.4. The summed E-state index contributed by atoms with van der Waals surface area (Å²) in [4.78, 5) is 0. The number of thiophene rings is 1. The third kappa shape index (κ3) is 4.71. The van der Waals surface area contributed by atoms with Crippen LogP contribution in [0.25, 0.3) is 0 Å². The molecule has 1 N–H and O–H groups in total. The van der Waals surface area contributed by atoms with Crippen LogP contribution >= 0.6 is 11.3 Å². The summed E-state index contributed by atoms with van der Waals surface area (Å²) in [5.41, 5.74) is 1.42. The number of hydrogen-bond donors (Lipinski definition) is 1. The van der Waals surface area contributed by atoms with Crippen LogP contribution in [-0.4, -0.2) is 25.3 Å². The van der Waals surface area contributed by atoms with Gasteiger partial charge in [0, 0.05) is 6.04 Å². The fraction of sp³-hybridized carbons (Fsp3) is 0.733. The van der Waals surface area contributed by atoms with Crippen molar-refractivity contribution < 1.29 is 4.74 Å². The lowest BCUT2D eigenvalue weighted by Gasteiger charge is -2.29. The minimum absolute atomic E-state index is 0.503. The molecule has 1 aliphatic rings. The highest BCUT2D eigenvalue weighted by atomic mass is 32.1. The summed E-state index contributed by atoms with van der Waals surface area (Å²) in [5, 5.41) is 7.97. The molecule has 0 unspecified atom stereocenters. The smallest absolute Gasteiger partial charge is 0.0576 e. The Balaban J connectivity index is 1.56. The van der Waals surface area contributed by atoms with Crippen LogP contribution in [0.3, 0.4) is 0 Å². The molecule has 1 saturated carbocycles. The SMILES string of the molecule is CCCNC1CCC(OCCc2ccsc2)CC1. The lowest BCUT2D eigenvalue weighted by atomic mass is 9.93. The van der Waals surface area contributed by atoms with Crippen molar-refractivity contribution in [3.8, 4) is 0 Å². The van der Waals surface area contributed by atoms with Crippen molar-refractivity contribution in [3.63, 3.8) is 0 Å². The van der Waals surface area contributed by atoms with Crippen LogP contribution in [0, 0.1) is 0 Å². The second-order valence-electron chi connectivity index (χ2n) is 5.18. The van der Waals surface area contributed by atoms with Crippen LogP contribution in [-0.2, 0) is 11.2 Å². The Labute approximate surface area is 115 Å². The molecule has 1 fully saturated rings. The van der Waals surface area contributed by atoms with Gasteiger partial charge in [-0.25, -0.2) is 0 Å². The van der Waals surface area contributed by atoms with Crippen molar-refractivity contribution >= 4 is 11.3 Å². The monoisotopic (exact) mass is 267 g/mol. The highest BCUT2D eigenvalue weighted by molar-refractivity contribution is 7.07. The summed E-state index contributed by atoms with van der Waals surface area (Å²) in [5.74, 6) is 0. The van der Waals surface area contributed by atoms with E-state index in [2.05, 4.69) is 29.1 Å². The van der Waals surface area contributed by atoms with Crippen LogP contribution < -0.4 is 5.32 Å². The molecule has 0 saturated heterocycles. The van der Waals surface area contributed by atoms with Gasteiger partial charge in [0.1, 0.15) is 0 Å². The molecule has 1 aromatic heterocycles. The van der Waals surface area contributed by atoms with Crippen molar-refractivity contribution in [3.05, 3.63) is 22.4 Å². The predicted molar refractivity (Wildman–Crippen MR) is 78.3 cm³/mol. The van der Waals surface area contributed by atoms with Crippen molar-refractivity contribution in [2.24, 2.45) is 0 Å². The normalized spacial score (nSPS) is 24.3. The zero-order valence-corrected chi connectivity index (χ0v) is 12.2. The number of rotatable bonds is 7. The first kappa shape index (κ1) is 14.0. The molecule has 2 nitrogen and oxygen atoms in total.